The molecule has 3 rings (SSSR count). The lowest BCUT2D eigenvalue weighted by Gasteiger charge is -2.08. The second-order valence-electron chi connectivity index (χ2n) is 5.14. The zero-order valence-electron chi connectivity index (χ0n) is 13.9. The summed E-state index contributed by atoms with van der Waals surface area (Å²) in [5.74, 6) is 0.351. The van der Waals surface area contributed by atoms with Crippen molar-refractivity contribution < 1.29 is 14.3 Å². The summed E-state index contributed by atoms with van der Waals surface area (Å²) in [7, 11) is 1.56. The summed E-state index contributed by atoms with van der Waals surface area (Å²) in [6.07, 6.45) is 1.54. The molecule has 0 aliphatic heterocycles. The molecule has 0 aliphatic rings. The van der Waals surface area contributed by atoms with Gasteiger partial charge < -0.3 is 9.47 Å². The maximum absolute atomic E-state index is 12.5. The number of methoxy groups -OCH3 is 1. The molecule has 9 heteroatoms. The molecule has 1 amide bonds. The zero-order chi connectivity index (χ0) is 18.4. The predicted molar refractivity (Wildman–Crippen MR) is 96.4 cm³/mol. The lowest BCUT2D eigenvalue weighted by Crippen LogP contribution is -2.16. The minimum absolute atomic E-state index is 0.122. The molecule has 2 aromatic heterocycles. The number of amides is 1. The fraction of sp³-hybridized carbons (Fsp3) is 0.176. The Morgan fingerprint density at radius 1 is 1.23 bits per heavy atom. The van der Waals surface area contributed by atoms with E-state index in [1.54, 1.807) is 37.6 Å². The van der Waals surface area contributed by atoms with Crippen LogP contribution in [0.15, 0.2) is 42.6 Å². The Balaban J connectivity index is 1.74. The van der Waals surface area contributed by atoms with Crippen molar-refractivity contribution in [1.82, 2.24) is 20.2 Å². The van der Waals surface area contributed by atoms with Crippen LogP contribution in [0.4, 0.5) is 5.95 Å². The van der Waals surface area contributed by atoms with Crippen molar-refractivity contribution in [2.24, 2.45) is 0 Å². The number of pyridine rings is 1. The first-order chi connectivity index (χ1) is 12.7. The van der Waals surface area contributed by atoms with Crippen molar-refractivity contribution >= 4 is 23.5 Å². The number of nitrogens with one attached hydrogen (secondary N) is 2. The van der Waals surface area contributed by atoms with Gasteiger partial charge in [0.15, 0.2) is 5.82 Å². The smallest absolute Gasteiger partial charge is 0.263 e. The van der Waals surface area contributed by atoms with Crippen LogP contribution < -0.4 is 10.1 Å². The standard InChI is InChI=1S/C17H16ClN5O3/c1-25-9-10-26-16-12(6-4-8-19-16)15(24)21-17-20-14(22-23-17)11-5-2-3-7-13(11)18/h2-8H,9-10H2,1H3,(H2,20,21,22,23,24). The summed E-state index contributed by atoms with van der Waals surface area (Å²) in [4.78, 5) is 20.8. The molecular weight excluding hydrogens is 358 g/mol. The van der Waals surface area contributed by atoms with Crippen LogP contribution in [0.3, 0.4) is 0 Å². The average molecular weight is 374 g/mol. The van der Waals surface area contributed by atoms with E-state index in [1.165, 1.54) is 0 Å². The summed E-state index contributed by atoms with van der Waals surface area (Å²) >= 11 is 6.14. The summed E-state index contributed by atoms with van der Waals surface area (Å²) < 4.78 is 10.4. The van der Waals surface area contributed by atoms with E-state index in [4.69, 9.17) is 21.1 Å². The Hall–Kier alpha value is -2.97. The van der Waals surface area contributed by atoms with Crippen molar-refractivity contribution in [3.05, 3.63) is 53.2 Å². The SMILES string of the molecule is COCCOc1ncccc1C(=O)Nc1n[nH]c(-c2ccccc2Cl)n1. The van der Waals surface area contributed by atoms with Gasteiger partial charge in [-0.2, -0.15) is 4.98 Å². The Morgan fingerprint density at radius 2 is 2.08 bits per heavy atom. The largest absolute Gasteiger partial charge is 0.475 e. The van der Waals surface area contributed by atoms with E-state index >= 15 is 0 Å². The molecule has 0 radical (unpaired) electrons. The van der Waals surface area contributed by atoms with E-state index in [1.807, 2.05) is 12.1 Å². The number of aromatic nitrogens is 4. The lowest BCUT2D eigenvalue weighted by molar-refractivity contribution is 0.101. The molecule has 0 saturated heterocycles. The summed E-state index contributed by atoms with van der Waals surface area (Å²) in [5.41, 5.74) is 0.958. The third-order valence-electron chi connectivity index (χ3n) is 3.38. The molecule has 2 heterocycles. The zero-order valence-corrected chi connectivity index (χ0v) is 14.7. The van der Waals surface area contributed by atoms with Gasteiger partial charge in [-0.1, -0.05) is 23.7 Å². The highest BCUT2D eigenvalue weighted by molar-refractivity contribution is 6.33. The molecule has 0 bridgehead atoms. The number of benzene rings is 1. The fourth-order valence-corrected chi connectivity index (χ4v) is 2.39. The van der Waals surface area contributed by atoms with Crippen LogP contribution in [-0.2, 0) is 4.74 Å². The molecule has 26 heavy (non-hydrogen) atoms. The van der Waals surface area contributed by atoms with E-state index in [0.29, 0.717) is 23.0 Å². The van der Waals surface area contributed by atoms with Gasteiger partial charge in [0.05, 0.1) is 11.6 Å². The Bertz CT molecular complexity index is 899. The van der Waals surface area contributed by atoms with Crippen LogP contribution in [0, 0.1) is 0 Å². The number of halogens is 1. The third-order valence-corrected chi connectivity index (χ3v) is 3.71. The maximum atomic E-state index is 12.5. The number of aromatic amines is 1. The molecule has 0 atom stereocenters. The van der Waals surface area contributed by atoms with Crippen LogP contribution in [-0.4, -0.2) is 46.4 Å². The number of rotatable bonds is 7. The second-order valence-corrected chi connectivity index (χ2v) is 5.55. The molecule has 0 aliphatic carbocycles. The number of ether oxygens (including phenoxy) is 2. The number of anilines is 1. The average Bonchev–Trinajstić information content (AvgIpc) is 3.11. The number of hydrogen-bond donors (Lipinski definition) is 2. The van der Waals surface area contributed by atoms with E-state index in [9.17, 15) is 4.79 Å². The topological polar surface area (TPSA) is 102 Å². The Morgan fingerprint density at radius 3 is 2.88 bits per heavy atom. The molecular formula is C17H16ClN5O3. The van der Waals surface area contributed by atoms with E-state index in [-0.39, 0.29) is 24.0 Å². The van der Waals surface area contributed by atoms with Gasteiger partial charge in [0.1, 0.15) is 12.2 Å². The minimum Gasteiger partial charge on any atom is -0.475 e. The molecule has 0 saturated carbocycles. The third kappa shape index (κ3) is 4.16. The molecule has 0 fully saturated rings. The van der Waals surface area contributed by atoms with Crippen molar-refractivity contribution in [1.29, 1.82) is 0 Å². The predicted octanol–water partition coefficient (Wildman–Crippen LogP) is 2.80. The maximum Gasteiger partial charge on any atom is 0.263 e. The van der Waals surface area contributed by atoms with Gasteiger partial charge >= 0.3 is 0 Å². The van der Waals surface area contributed by atoms with E-state index < -0.39 is 5.91 Å². The quantitative estimate of drug-likeness (QED) is 0.617. The first-order valence-corrected chi connectivity index (χ1v) is 8.12. The second kappa shape index (κ2) is 8.41. The highest BCUT2D eigenvalue weighted by Gasteiger charge is 2.16. The van der Waals surface area contributed by atoms with Crippen LogP contribution in [0.1, 0.15) is 10.4 Å². The molecule has 1 aromatic carbocycles. The molecule has 134 valence electrons. The minimum atomic E-state index is -0.435. The summed E-state index contributed by atoms with van der Waals surface area (Å²) in [6.45, 7) is 0.671. The Labute approximate surface area is 154 Å². The van der Waals surface area contributed by atoms with E-state index in [2.05, 4.69) is 25.5 Å². The summed E-state index contributed by atoms with van der Waals surface area (Å²) in [5, 5.41) is 9.89. The lowest BCUT2D eigenvalue weighted by atomic mass is 10.2. The van der Waals surface area contributed by atoms with Crippen LogP contribution in [0.5, 0.6) is 5.88 Å². The highest BCUT2D eigenvalue weighted by Crippen LogP contribution is 2.25. The molecule has 3 aromatic rings. The van der Waals surface area contributed by atoms with Crippen molar-refractivity contribution in [3.8, 4) is 17.3 Å². The molecule has 0 spiro atoms. The van der Waals surface area contributed by atoms with Crippen LogP contribution in [0.2, 0.25) is 5.02 Å². The van der Waals surface area contributed by atoms with Crippen LogP contribution >= 0.6 is 11.6 Å². The van der Waals surface area contributed by atoms with Crippen molar-refractivity contribution in [3.63, 3.8) is 0 Å². The number of hydrogen-bond acceptors (Lipinski definition) is 6. The first-order valence-electron chi connectivity index (χ1n) is 7.74. The van der Waals surface area contributed by atoms with Gasteiger partial charge in [-0.25, -0.2) is 4.98 Å². The molecule has 8 nitrogen and oxygen atoms in total. The first kappa shape index (κ1) is 17.8. The van der Waals surface area contributed by atoms with Crippen LogP contribution in [0.25, 0.3) is 11.4 Å². The van der Waals surface area contributed by atoms with Gasteiger partial charge in [0.25, 0.3) is 5.91 Å². The number of H-pyrrole nitrogens is 1. The van der Waals surface area contributed by atoms with Crippen molar-refractivity contribution in [2.45, 2.75) is 0 Å². The van der Waals surface area contributed by atoms with Gasteiger partial charge in [0.2, 0.25) is 11.8 Å². The Kier molecular flexibility index (Phi) is 5.77. The van der Waals surface area contributed by atoms with Gasteiger partial charge in [0, 0.05) is 18.9 Å². The fourth-order valence-electron chi connectivity index (χ4n) is 2.16. The summed E-state index contributed by atoms with van der Waals surface area (Å²) in [6, 6.07) is 10.4. The number of carbonyl (C=O) groups is 1. The van der Waals surface area contributed by atoms with Gasteiger partial charge in [-0.05, 0) is 24.3 Å². The number of carbonyl (C=O) groups excluding carboxylic acids is 1. The van der Waals surface area contributed by atoms with E-state index in [0.717, 1.165) is 0 Å². The highest BCUT2D eigenvalue weighted by atomic mass is 35.5. The molecule has 0 unspecified atom stereocenters. The number of nitrogens with zero attached hydrogens (tertiary/aromatic N) is 3. The normalized spacial score (nSPS) is 10.5. The monoisotopic (exact) mass is 373 g/mol. The molecule has 2 N–H and O–H groups in total. The van der Waals surface area contributed by atoms with Gasteiger partial charge in [-0.3, -0.25) is 15.2 Å². The van der Waals surface area contributed by atoms with Gasteiger partial charge in [-0.15, -0.1) is 5.10 Å². The van der Waals surface area contributed by atoms with Crippen molar-refractivity contribution in [2.75, 3.05) is 25.6 Å².